The summed E-state index contributed by atoms with van der Waals surface area (Å²) in [5, 5.41) is 4.74. The van der Waals surface area contributed by atoms with Crippen LogP contribution in [-0.2, 0) is 0 Å². The SMILES string of the molecule is Cc1cccc(C)c1-n1ccnc1-n1c2ccccc2c2ccc(Oc3cccc(-n4[c-][n+](-c5ccccc5-n5c6ccccc6c6ccccc65)c5ccccc54)c3)cc21. The zero-order chi connectivity index (χ0) is 40.6. The van der Waals surface area contributed by atoms with Crippen molar-refractivity contribution in [2.24, 2.45) is 0 Å². The first-order valence-corrected chi connectivity index (χ1v) is 20.6. The van der Waals surface area contributed by atoms with E-state index in [4.69, 9.17) is 9.72 Å². The molecule has 0 N–H and O–H groups in total. The lowest BCUT2D eigenvalue weighted by Crippen LogP contribution is -2.31. The van der Waals surface area contributed by atoms with Crippen molar-refractivity contribution in [1.29, 1.82) is 0 Å². The van der Waals surface area contributed by atoms with E-state index in [0.29, 0.717) is 0 Å². The van der Waals surface area contributed by atoms with Crippen LogP contribution in [0.15, 0.2) is 194 Å². The van der Waals surface area contributed by atoms with Gasteiger partial charge in [-0.2, -0.15) is 0 Å². The maximum atomic E-state index is 6.75. The number of ether oxygens (including phenoxy) is 1. The van der Waals surface area contributed by atoms with Crippen LogP contribution in [-0.4, -0.2) is 23.3 Å². The lowest BCUT2D eigenvalue weighted by atomic mass is 10.1. The molecule has 0 unspecified atom stereocenters. The topological polar surface area (TPSA) is 45.7 Å². The van der Waals surface area contributed by atoms with Gasteiger partial charge in [0, 0.05) is 40.0 Å². The molecule has 7 heteroatoms. The molecule has 12 rings (SSSR count). The highest BCUT2D eigenvalue weighted by Crippen LogP contribution is 2.37. The number of aromatic nitrogens is 6. The second-order valence-corrected chi connectivity index (χ2v) is 15.6. The first kappa shape index (κ1) is 34.8. The third-order valence-corrected chi connectivity index (χ3v) is 12.0. The van der Waals surface area contributed by atoms with Gasteiger partial charge in [0.25, 0.3) is 6.33 Å². The van der Waals surface area contributed by atoms with E-state index in [2.05, 4.69) is 213 Å². The predicted molar refractivity (Wildman–Crippen MR) is 245 cm³/mol. The summed E-state index contributed by atoms with van der Waals surface area (Å²) < 4.78 is 17.9. The number of hydrogen-bond donors (Lipinski definition) is 0. The Morgan fingerprint density at radius 2 is 1.10 bits per heavy atom. The van der Waals surface area contributed by atoms with Crippen LogP contribution < -0.4 is 9.30 Å². The van der Waals surface area contributed by atoms with E-state index in [1.807, 2.05) is 24.5 Å². The Kier molecular flexibility index (Phi) is 7.83. The fourth-order valence-corrected chi connectivity index (χ4v) is 9.33. The minimum absolute atomic E-state index is 0.722. The molecule has 0 spiro atoms. The highest BCUT2D eigenvalue weighted by molar-refractivity contribution is 6.10. The van der Waals surface area contributed by atoms with Crippen molar-refractivity contribution in [1.82, 2.24) is 23.3 Å². The monoisotopic (exact) mass is 786 g/mol. The van der Waals surface area contributed by atoms with Crippen LogP contribution >= 0.6 is 0 Å². The maximum absolute atomic E-state index is 6.75. The molecule has 0 saturated heterocycles. The summed E-state index contributed by atoms with van der Waals surface area (Å²) in [6.45, 7) is 4.30. The molecule has 0 bridgehead atoms. The standard InChI is InChI=1S/C54H38N6O/c1-36-15-13-16-37(2)53(36)56-32-31-55-54(56)60-47-24-8-5-21-43(47)44-30-29-40(34-52(44)60)61-39-18-14-17-38(33-39)57-35-58(49-26-10-9-25-48(49)57)50-27-11-12-28-51(50)59-45-22-6-3-19-41(45)42-20-4-7-23-46(42)59/h3-34H,1-2H3. The Balaban J connectivity index is 0.961. The van der Waals surface area contributed by atoms with E-state index >= 15 is 0 Å². The van der Waals surface area contributed by atoms with E-state index < -0.39 is 0 Å². The maximum Gasteiger partial charge on any atom is 0.269 e. The molecule has 0 fully saturated rings. The van der Waals surface area contributed by atoms with Crippen molar-refractivity contribution >= 4 is 54.6 Å². The van der Waals surface area contributed by atoms with Gasteiger partial charge < -0.3 is 9.30 Å². The summed E-state index contributed by atoms with van der Waals surface area (Å²) in [6.07, 6.45) is 7.68. The molecule has 290 valence electrons. The van der Waals surface area contributed by atoms with E-state index in [-0.39, 0.29) is 0 Å². The summed E-state index contributed by atoms with van der Waals surface area (Å²) in [7, 11) is 0. The second kappa shape index (κ2) is 13.7. The lowest BCUT2D eigenvalue weighted by Gasteiger charge is -2.16. The second-order valence-electron chi connectivity index (χ2n) is 15.6. The molecule has 0 aliphatic rings. The summed E-state index contributed by atoms with van der Waals surface area (Å²) >= 11 is 0. The first-order valence-electron chi connectivity index (χ1n) is 20.6. The summed E-state index contributed by atoms with van der Waals surface area (Å²) in [5.74, 6) is 2.28. The fourth-order valence-electron chi connectivity index (χ4n) is 9.33. The average Bonchev–Trinajstić information content (AvgIpc) is 4.08. The van der Waals surface area contributed by atoms with Crippen LogP contribution in [0.2, 0.25) is 0 Å². The Morgan fingerprint density at radius 1 is 0.508 bits per heavy atom. The van der Waals surface area contributed by atoms with Gasteiger partial charge in [0.15, 0.2) is 0 Å². The molecular weight excluding hydrogens is 749 g/mol. The fraction of sp³-hybridized carbons (Fsp3) is 0.0370. The largest absolute Gasteiger partial charge is 0.458 e. The molecule has 0 saturated carbocycles. The van der Waals surface area contributed by atoms with Gasteiger partial charge in [-0.25, -0.2) is 4.98 Å². The van der Waals surface area contributed by atoms with Crippen molar-refractivity contribution in [3.63, 3.8) is 0 Å². The highest BCUT2D eigenvalue weighted by Gasteiger charge is 2.21. The number of imidazole rings is 2. The van der Waals surface area contributed by atoms with Crippen LogP contribution in [0.5, 0.6) is 11.5 Å². The van der Waals surface area contributed by atoms with Crippen molar-refractivity contribution < 1.29 is 9.30 Å². The Hall–Kier alpha value is -8.16. The third kappa shape index (κ3) is 5.44. The quantitative estimate of drug-likeness (QED) is 0.119. The Labute approximate surface area is 351 Å². The molecule has 12 aromatic rings. The molecule has 0 amide bonds. The number of nitrogens with zero attached hydrogens (tertiary/aromatic N) is 6. The van der Waals surface area contributed by atoms with Gasteiger partial charge in [0.1, 0.15) is 11.5 Å². The van der Waals surface area contributed by atoms with Crippen molar-refractivity contribution in [3.05, 3.63) is 212 Å². The number of para-hydroxylation sites is 8. The lowest BCUT2D eigenvalue weighted by molar-refractivity contribution is -0.572. The third-order valence-electron chi connectivity index (χ3n) is 12.0. The van der Waals surface area contributed by atoms with E-state index in [0.717, 1.165) is 84.1 Å². The molecule has 0 atom stereocenters. The highest BCUT2D eigenvalue weighted by atomic mass is 16.5. The smallest absolute Gasteiger partial charge is 0.269 e. The van der Waals surface area contributed by atoms with Crippen LogP contribution in [0.3, 0.4) is 0 Å². The van der Waals surface area contributed by atoms with Gasteiger partial charge in [-0.1, -0.05) is 115 Å². The van der Waals surface area contributed by atoms with E-state index in [1.54, 1.807) is 0 Å². The Bertz CT molecular complexity index is 3600. The van der Waals surface area contributed by atoms with Crippen LogP contribution in [0.1, 0.15) is 11.1 Å². The number of aryl methyl sites for hydroxylation is 2. The number of hydrogen-bond acceptors (Lipinski definition) is 2. The molecule has 0 aliphatic heterocycles. The minimum Gasteiger partial charge on any atom is -0.458 e. The summed E-state index contributed by atoms with van der Waals surface area (Å²) in [5.41, 5.74) is 13.0. The summed E-state index contributed by atoms with van der Waals surface area (Å²) in [4.78, 5) is 4.95. The number of benzene rings is 8. The molecule has 61 heavy (non-hydrogen) atoms. The van der Waals surface area contributed by atoms with Crippen molar-refractivity contribution in [3.8, 4) is 40.2 Å². The van der Waals surface area contributed by atoms with Crippen molar-refractivity contribution in [2.45, 2.75) is 13.8 Å². The number of fused-ring (bicyclic) bond motifs is 7. The minimum atomic E-state index is 0.722. The van der Waals surface area contributed by atoms with E-state index in [1.165, 1.54) is 21.9 Å². The van der Waals surface area contributed by atoms with Gasteiger partial charge in [-0.3, -0.25) is 18.3 Å². The normalized spacial score (nSPS) is 11.8. The van der Waals surface area contributed by atoms with Gasteiger partial charge >= 0.3 is 0 Å². The van der Waals surface area contributed by atoms with Crippen LogP contribution in [0.4, 0.5) is 0 Å². The number of rotatable bonds is 7. The zero-order valence-electron chi connectivity index (χ0n) is 33.6. The molecule has 0 aliphatic carbocycles. The van der Waals surface area contributed by atoms with Crippen molar-refractivity contribution in [2.75, 3.05) is 0 Å². The zero-order valence-corrected chi connectivity index (χ0v) is 33.6. The first-order chi connectivity index (χ1) is 30.1. The average molecular weight is 787 g/mol. The molecule has 0 radical (unpaired) electrons. The molecule has 7 nitrogen and oxygen atoms in total. The molecule has 4 heterocycles. The Morgan fingerprint density at radius 3 is 1.84 bits per heavy atom. The molecule has 4 aromatic heterocycles. The van der Waals surface area contributed by atoms with E-state index in [9.17, 15) is 0 Å². The van der Waals surface area contributed by atoms with Gasteiger partial charge in [0.05, 0.1) is 55.8 Å². The van der Waals surface area contributed by atoms with Gasteiger partial charge in [-0.05, 0) is 85.6 Å². The molecular formula is C54H38N6O. The van der Waals surface area contributed by atoms with Crippen LogP contribution in [0.25, 0.3) is 83.3 Å². The van der Waals surface area contributed by atoms with Gasteiger partial charge in [-0.15, -0.1) is 0 Å². The molecule has 8 aromatic carbocycles. The summed E-state index contributed by atoms with van der Waals surface area (Å²) in [6, 6.07) is 63.8. The van der Waals surface area contributed by atoms with Gasteiger partial charge in [0.2, 0.25) is 5.95 Å². The van der Waals surface area contributed by atoms with Crippen LogP contribution in [0, 0.1) is 20.2 Å². The predicted octanol–water partition coefficient (Wildman–Crippen LogP) is 12.5.